The highest BCUT2D eigenvalue weighted by atomic mass is 16.5. The lowest BCUT2D eigenvalue weighted by molar-refractivity contribution is -0.168. The monoisotopic (exact) mass is 248 g/mol. The van der Waals surface area contributed by atoms with Gasteiger partial charge in [0.15, 0.2) is 0 Å². The van der Waals surface area contributed by atoms with Gasteiger partial charge in [-0.3, -0.25) is 9.59 Å². The molecule has 4 nitrogen and oxygen atoms in total. The van der Waals surface area contributed by atoms with Crippen LogP contribution in [0.1, 0.15) is 18.4 Å². The number of rotatable bonds is 3. The molecular formula is C14H16O4. The van der Waals surface area contributed by atoms with Crippen molar-refractivity contribution < 1.29 is 19.1 Å². The molecule has 1 aliphatic rings. The normalized spacial score (nSPS) is 26.0. The number of benzene rings is 1. The van der Waals surface area contributed by atoms with E-state index in [1.165, 1.54) is 14.2 Å². The Hall–Kier alpha value is -1.84. The molecule has 18 heavy (non-hydrogen) atoms. The van der Waals surface area contributed by atoms with E-state index in [2.05, 4.69) is 0 Å². The quantitative estimate of drug-likeness (QED) is 0.764. The highest BCUT2D eigenvalue weighted by molar-refractivity contribution is 5.92. The summed E-state index contributed by atoms with van der Waals surface area (Å²) in [4.78, 5) is 23.9. The molecule has 0 radical (unpaired) electrons. The minimum absolute atomic E-state index is 0.351. The first-order chi connectivity index (χ1) is 8.66. The summed E-state index contributed by atoms with van der Waals surface area (Å²) in [6.45, 7) is 0. The van der Waals surface area contributed by atoms with Crippen molar-refractivity contribution in [2.24, 2.45) is 5.92 Å². The molecule has 0 heterocycles. The lowest BCUT2D eigenvalue weighted by atomic mass is 9.56. The molecule has 1 aromatic carbocycles. The van der Waals surface area contributed by atoms with Gasteiger partial charge in [0, 0.05) is 0 Å². The SMILES string of the molecule is COC(=O)C1CCC1(C(=O)OC)c1ccccc1. The van der Waals surface area contributed by atoms with Gasteiger partial charge in [-0.25, -0.2) is 0 Å². The Bertz CT molecular complexity index is 454. The molecule has 0 N–H and O–H groups in total. The molecule has 2 atom stereocenters. The molecule has 0 saturated heterocycles. The van der Waals surface area contributed by atoms with E-state index in [1.54, 1.807) is 0 Å². The third kappa shape index (κ3) is 1.68. The number of ether oxygens (including phenoxy) is 2. The Kier molecular flexibility index (Phi) is 3.36. The molecule has 4 heteroatoms. The molecule has 2 rings (SSSR count). The van der Waals surface area contributed by atoms with Crippen LogP contribution in [0.25, 0.3) is 0 Å². The van der Waals surface area contributed by atoms with Crippen molar-refractivity contribution >= 4 is 11.9 Å². The lowest BCUT2D eigenvalue weighted by Gasteiger charge is -2.45. The average Bonchev–Trinajstić information content (AvgIpc) is 2.39. The van der Waals surface area contributed by atoms with Crippen molar-refractivity contribution in [1.82, 2.24) is 0 Å². The summed E-state index contributed by atoms with van der Waals surface area (Å²) in [7, 11) is 2.69. The van der Waals surface area contributed by atoms with Gasteiger partial charge in [-0.2, -0.15) is 0 Å². The number of hydrogen-bond acceptors (Lipinski definition) is 4. The summed E-state index contributed by atoms with van der Waals surface area (Å²) in [5.41, 5.74) is -0.0539. The van der Waals surface area contributed by atoms with Crippen molar-refractivity contribution in [3.63, 3.8) is 0 Å². The van der Waals surface area contributed by atoms with Crippen LogP contribution in [-0.2, 0) is 24.5 Å². The van der Waals surface area contributed by atoms with Crippen LogP contribution in [-0.4, -0.2) is 26.2 Å². The molecule has 1 aliphatic carbocycles. The van der Waals surface area contributed by atoms with Gasteiger partial charge < -0.3 is 9.47 Å². The number of hydrogen-bond donors (Lipinski definition) is 0. The molecule has 1 saturated carbocycles. The van der Waals surface area contributed by atoms with Crippen molar-refractivity contribution in [3.8, 4) is 0 Å². The maximum absolute atomic E-state index is 12.1. The van der Waals surface area contributed by atoms with E-state index in [4.69, 9.17) is 9.47 Å². The molecule has 0 aliphatic heterocycles. The summed E-state index contributed by atoms with van der Waals surface area (Å²) < 4.78 is 9.67. The molecular weight excluding hydrogens is 232 g/mol. The van der Waals surface area contributed by atoms with E-state index < -0.39 is 11.3 Å². The zero-order valence-electron chi connectivity index (χ0n) is 10.5. The van der Waals surface area contributed by atoms with Gasteiger partial charge in [-0.1, -0.05) is 30.3 Å². The van der Waals surface area contributed by atoms with Gasteiger partial charge in [0.2, 0.25) is 0 Å². The summed E-state index contributed by atoms with van der Waals surface area (Å²) in [6.07, 6.45) is 1.26. The maximum atomic E-state index is 12.1. The molecule has 2 unspecified atom stereocenters. The second kappa shape index (κ2) is 4.80. The fourth-order valence-corrected chi connectivity index (χ4v) is 2.66. The summed E-state index contributed by atoms with van der Waals surface area (Å²) >= 11 is 0. The summed E-state index contributed by atoms with van der Waals surface area (Å²) in [6, 6.07) is 9.29. The third-order valence-corrected chi connectivity index (χ3v) is 3.75. The fourth-order valence-electron chi connectivity index (χ4n) is 2.66. The standard InChI is InChI=1S/C14H16O4/c1-17-12(15)11-8-9-14(11,13(16)18-2)10-6-4-3-5-7-10/h3-7,11H,8-9H2,1-2H3. The first-order valence-electron chi connectivity index (χ1n) is 5.88. The predicted octanol–water partition coefficient (Wildman–Crippen LogP) is 1.68. The minimum atomic E-state index is -0.872. The Morgan fingerprint density at radius 2 is 1.83 bits per heavy atom. The summed E-state index contributed by atoms with van der Waals surface area (Å²) in [5, 5.41) is 0. The van der Waals surface area contributed by atoms with Crippen molar-refractivity contribution in [3.05, 3.63) is 35.9 Å². The van der Waals surface area contributed by atoms with Gasteiger partial charge in [-0.15, -0.1) is 0 Å². The first kappa shape index (κ1) is 12.6. The van der Waals surface area contributed by atoms with Crippen LogP contribution in [0, 0.1) is 5.92 Å². The van der Waals surface area contributed by atoms with Gasteiger partial charge in [0.25, 0.3) is 0 Å². The number of carbonyl (C=O) groups is 2. The Labute approximate surface area is 106 Å². The fraction of sp³-hybridized carbons (Fsp3) is 0.429. The predicted molar refractivity (Wildman–Crippen MR) is 64.9 cm³/mol. The highest BCUT2D eigenvalue weighted by Gasteiger charge is 2.58. The molecule has 0 bridgehead atoms. The maximum Gasteiger partial charge on any atom is 0.317 e. The van der Waals surface area contributed by atoms with Gasteiger partial charge in [0.05, 0.1) is 20.1 Å². The number of esters is 2. The number of carbonyl (C=O) groups excluding carboxylic acids is 2. The second-order valence-corrected chi connectivity index (χ2v) is 4.44. The molecule has 0 aromatic heterocycles. The van der Waals surface area contributed by atoms with Crippen LogP contribution in [0.4, 0.5) is 0 Å². The Morgan fingerprint density at radius 1 is 1.17 bits per heavy atom. The van der Waals surface area contributed by atoms with Crippen molar-refractivity contribution in [2.45, 2.75) is 18.3 Å². The van der Waals surface area contributed by atoms with E-state index in [0.717, 1.165) is 5.56 Å². The molecule has 96 valence electrons. The number of methoxy groups -OCH3 is 2. The molecule has 0 amide bonds. The minimum Gasteiger partial charge on any atom is -0.469 e. The highest BCUT2D eigenvalue weighted by Crippen LogP contribution is 2.50. The van der Waals surface area contributed by atoms with Crippen LogP contribution in [0.5, 0.6) is 0 Å². The van der Waals surface area contributed by atoms with Crippen molar-refractivity contribution in [1.29, 1.82) is 0 Å². The van der Waals surface area contributed by atoms with Crippen LogP contribution in [0.3, 0.4) is 0 Å². The van der Waals surface area contributed by atoms with Crippen LogP contribution < -0.4 is 0 Å². The van der Waals surface area contributed by atoms with E-state index in [1.807, 2.05) is 30.3 Å². The zero-order valence-corrected chi connectivity index (χ0v) is 10.5. The van der Waals surface area contributed by atoms with Crippen LogP contribution in [0.15, 0.2) is 30.3 Å². The van der Waals surface area contributed by atoms with E-state index in [-0.39, 0.29) is 11.9 Å². The van der Waals surface area contributed by atoms with E-state index in [0.29, 0.717) is 12.8 Å². The van der Waals surface area contributed by atoms with Gasteiger partial charge >= 0.3 is 11.9 Å². The topological polar surface area (TPSA) is 52.6 Å². The smallest absolute Gasteiger partial charge is 0.317 e. The molecule has 1 fully saturated rings. The van der Waals surface area contributed by atoms with Crippen LogP contribution >= 0.6 is 0 Å². The molecule has 1 aromatic rings. The lowest BCUT2D eigenvalue weighted by Crippen LogP contribution is -2.54. The third-order valence-electron chi connectivity index (χ3n) is 3.75. The van der Waals surface area contributed by atoms with E-state index >= 15 is 0 Å². The van der Waals surface area contributed by atoms with Gasteiger partial charge in [0.1, 0.15) is 5.41 Å². The van der Waals surface area contributed by atoms with E-state index in [9.17, 15) is 9.59 Å². The zero-order chi connectivity index (χ0) is 13.2. The first-order valence-corrected chi connectivity index (χ1v) is 5.88. The summed E-state index contributed by atoms with van der Waals surface area (Å²) in [5.74, 6) is -1.16. The average molecular weight is 248 g/mol. The Balaban J connectivity index is 2.43. The second-order valence-electron chi connectivity index (χ2n) is 4.44. The van der Waals surface area contributed by atoms with Gasteiger partial charge in [-0.05, 0) is 18.4 Å². The van der Waals surface area contributed by atoms with Crippen LogP contribution in [0.2, 0.25) is 0 Å². The molecule has 0 spiro atoms. The van der Waals surface area contributed by atoms with Crippen molar-refractivity contribution in [2.75, 3.05) is 14.2 Å². The largest absolute Gasteiger partial charge is 0.469 e. The Morgan fingerprint density at radius 3 is 2.28 bits per heavy atom.